The van der Waals surface area contributed by atoms with Crippen molar-refractivity contribution in [2.45, 2.75) is 19.3 Å². The molecule has 24 heavy (non-hydrogen) atoms. The van der Waals surface area contributed by atoms with Gasteiger partial charge in [-0.25, -0.2) is 0 Å². The van der Waals surface area contributed by atoms with Gasteiger partial charge < -0.3 is 15.2 Å². The number of hydrogen-bond acceptors (Lipinski definition) is 4. The largest absolute Gasteiger partial charge is 0.481 e. The maximum atomic E-state index is 12.3. The number of aromatic nitrogens is 1. The number of benzene rings is 1. The number of ether oxygens (including phenoxy) is 1. The predicted octanol–water partition coefficient (Wildman–Crippen LogP) is 1.77. The maximum absolute atomic E-state index is 12.3. The van der Waals surface area contributed by atoms with Crippen molar-refractivity contribution in [2.75, 3.05) is 19.8 Å². The molecule has 1 aromatic carbocycles. The molecule has 2 N–H and O–H groups in total. The van der Waals surface area contributed by atoms with Crippen LogP contribution in [0.2, 0.25) is 0 Å². The number of nitrogens with one attached hydrogen (secondary N) is 1. The van der Waals surface area contributed by atoms with Crippen molar-refractivity contribution in [2.24, 2.45) is 5.41 Å². The van der Waals surface area contributed by atoms with Gasteiger partial charge in [-0.2, -0.15) is 0 Å². The van der Waals surface area contributed by atoms with E-state index in [9.17, 15) is 14.7 Å². The van der Waals surface area contributed by atoms with Crippen molar-refractivity contribution in [1.29, 1.82) is 0 Å². The topological polar surface area (TPSA) is 88.5 Å². The Hall–Kier alpha value is -2.47. The van der Waals surface area contributed by atoms with Gasteiger partial charge in [-0.1, -0.05) is 24.3 Å². The predicted molar refractivity (Wildman–Crippen MR) is 88.6 cm³/mol. The summed E-state index contributed by atoms with van der Waals surface area (Å²) < 4.78 is 5.24. The van der Waals surface area contributed by atoms with Crippen molar-refractivity contribution in [3.63, 3.8) is 0 Å². The number of carbonyl (C=O) groups excluding carboxylic acids is 1. The first-order valence-electron chi connectivity index (χ1n) is 8.01. The number of hydrogen-bond donors (Lipinski definition) is 2. The van der Waals surface area contributed by atoms with Gasteiger partial charge in [0.05, 0.1) is 17.4 Å². The number of carboxylic acid groups (broad SMARTS) is 1. The third-order valence-electron chi connectivity index (χ3n) is 4.59. The average Bonchev–Trinajstić information content (AvgIpc) is 2.61. The number of pyridine rings is 1. The molecule has 0 unspecified atom stereocenters. The second-order valence-corrected chi connectivity index (χ2v) is 6.14. The van der Waals surface area contributed by atoms with Crippen LogP contribution in [0.1, 0.15) is 18.4 Å². The summed E-state index contributed by atoms with van der Waals surface area (Å²) in [7, 11) is 0. The Kier molecular flexibility index (Phi) is 4.76. The van der Waals surface area contributed by atoms with E-state index in [2.05, 4.69) is 10.3 Å². The first kappa shape index (κ1) is 16.4. The van der Waals surface area contributed by atoms with Gasteiger partial charge in [0, 0.05) is 31.3 Å². The second-order valence-electron chi connectivity index (χ2n) is 6.14. The number of aliphatic carboxylic acids is 1. The fraction of sp³-hybridized carbons (Fsp3) is 0.389. The third kappa shape index (κ3) is 3.38. The van der Waals surface area contributed by atoms with Crippen molar-refractivity contribution < 1.29 is 19.4 Å². The second kappa shape index (κ2) is 6.97. The summed E-state index contributed by atoms with van der Waals surface area (Å²) in [4.78, 5) is 28.2. The van der Waals surface area contributed by atoms with Crippen LogP contribution in [-0.4, -0.2) is 41.7 Å². The maximum Gasteiger partial charge on any atom is 0.311 e. The smallest absolute Gasteiger partial charge is 0.311 e. The van der Waals surface area contributed by atoms with E-state index in [1.165, 1.54) is 0 Å². The first-order chi connectivity index (χ1) is 11.6. The summed E-state index contributed by atoms with van der Waals surface area (Å²) in [5.74, 6) is -1.07. The molecule has 0 aliphatic carbocycles. The number of nitrogens with zero attached hydrogens (tertiary/aromatic N) is 1. The Bertz CT molecular complexity index is 748. The molecule has 0 radical (unpaired) electrons. The molecule has 1 saturated heterocycles. The van der Waals surface area contributed by atoms with Gasteiger partial charge in [-0.15, -0.1) is 0 Å². The molecule has 0 atom stereocenters. The Balaban J connectivity index is 1.68. The van der Waals surface area contributed by atoms with Crippen LogP contribution in [0.3, 0.4) is 0 Å². The summed E-state index contributed by atoms with van der Waals surface area (Å²) in [6.45, 7) is 0.952. The summed E-state index contributed by atoms with van der Waals surface area (Å²) in [5.41, 5.74) is 0.710. The van der Waals surface area contributed by atoms with Crippen LogP contribution in [0.25, 0.3) is 10.9 Å². The molecule has 1 fully saturated rings. The van der Waals surface area contributed by atoms with E-state index in [0.29, 0.717) is 26.1 Å². The fourth-order valence-corrected chi connectivity index (χ4v) is 3.04. The number of amides is 1. The fourth-order valence-electron chi connectivity index (χ4n) is 3.04. The van der Waals surface area contributed by atoms with Gasteiger partial charge >= 0.3 is 5.97 Å². The minimum absolute atomic E-state index is 0.128. The number of carbonyl (C=O) groups is 2. The van der Waals surface area contributed by atoms with Crippen LogP contribution in [-0.2, 0) is 20.7 Å². The summed E-state index contributed by atoms with van der Waals surface area (Å²) in [5, 5.41) is 13.3. The van der Waals surface area contributed by atoms with Crippen molar-refractivity contribution in [3.8, 4) is 0 Å². The van der Waals surface area contributed by atoms with Crippen LogP contribution in [0, 0.1) is 5.41 Å². The average molecular weight is 328 g/mol. The zero-order chi connectivity index (χ0) is 17.0. The summed E-state index contributed by atoms with van der Waals surface area (Å²) >= 11 is 0. The van der Waals surface area contributed by atoms with E-state index >= 15 is 0 Å². The van der Waals surface area contributed by atoms with E-state index in [1.807, 2.05) is 30.3 Å². The zero-order valence-electron chi connectivity index (χ0n) is 13.3. The molecular weight excluding hydrogens is 308 g/mol. The standard InChI is InChI=1S/C18H20N2O4/c21-15(20-12-18(17(22)23)6-9-24-10-7-18)11-14-4-1-3-13-5-2-8-19-16(13)14/h1-5,8H,6-7,9-12H2,(H,20,21)(H,22,23). The highest BCUT2D eigenvalue weighted by Gasteiger charge is 2.40. The Morgan fingerprint density at radius 3 is 2.71 bits per heavy atom. The van der Waals surface area contributed by atoms with Gasteiger partial charge in [-0.05, 0) is 24.5 Å². The van der Waals surface area contributed by atoms with Crippen molar-refractivity contribution >= 4 is 22.8 Å². The van der Waals surface area contributed by atoms with Crippen LogP contribution in [0.4, 0.5) is 0 Å². The molecule has 0 spiro atoms. The van der Waals surface area contributed by atoms with Gasteiger partial charge in [0.2, 0.25) is 5.91 Å². The minimum atomic E-state index is -0.926. The number of carboxylic acids is 1. The number of para-hydroxylation sites is 1. The number of fused-ring (bicyclic) bond motifs is 1. The lowest BCUT2D eigenvalue weighted by molar-refractivity contribution is -0.154. The molecule has 2 heterocycles. The lowest BCUT2D eigenvalue weighted by atomic mass is 9.80. The van der Waals surface area contributed by atoms with Gasteiger partial charge in [0.1, 0.15) is 0 Å². The molecule has 6 heteroatoms. The molecule has 0 bridgehead atoms. The lowest BCUT2D eigenvalue weighted by Crippen LogP contribution is -2.46. The van der Waals surface area contributed by atoms with Crippen molar-refractivity contribution in [1.82, 2.24) is 10.3 Å². The van der Waals surface area contributed by atoms with Gasteiger partial charge in [0.25, 0.3) is 0 Å². The van der Waals surface area contributed by atoms with Crippen molar-refractivity contribution in [3.05, 3.63) is 42.1 Å². The molecular formula is C18H20N2O4. The highest BCUT2D eigenvalue weighted by Crippen LogP contribution is 2.30. The number of rotatable bonds is 5. The highest BCUT2D eigenvalue weighted by atomic mass is 16.5. The lowest BCUT2D eigenvalue weighted by Gasteiger charge is -2.33. The molecule has 3 rings (SSSR count). The third-order valence-corrected chi connectivity index (χ3v) is 4.59. The molecule has 1 amide bonds. The molecule has 2 aromatic rings. The van der Waals surface area contributed by atoms with Gasteiger partial charge in [-0.3, -0.25) is 14.6 Å². The highest BCUT2D eigenvalue weighted by molar-refractivity contribution is 5.88. The normalized spacial score (nSPS) is 16.7. The Labute approximate surface area is 139 Å². The van der Waals surface area contributed by atoms with E-state index in [1.54, 1.807) is 6.20 Å². The van der Waals surface area contributed by atoms with Crippen LogP contribution < -0.4 is 5.32 Å². The Morgan fingerprint density at radius 1 is 1.21 bits per heavy atom. The molecule has 1 aliphatic rings. The van der Waals surface area contributed by atoms with Crippen LogP contribution in [0.15, 0.2) is 36.5 Å². The van der Waals surface area contributed by atoms with E-state index in [-0.39, 0.29) is 18.9 Å². The van der Waals surface area contributed by atoms with Crippen LogP contribution in [0.5, 0.6) is 0 Å². The van der Waals surface area contributed by atoms with Crippen LogP contribution >= 0.6 is 0 Å². The molecule has 126 valence electrons. The SMILES string of the molecule is O=C(Cc1cccc2cccnc12)NCC1(C(=O)O)CCOCC1. The monoisotopic (exact) mass is 328 g/mol. The molecule has 0 saturated carbocycles. The van der Waals surface area contributed by atoms with E-state index < -0.39 is 11.4 Å². The molecule has 1 aliphatic heterocycles. The Morgan fingerprint density at radius 2 is 1.96 bits per heavy atom. The van der Waals surface area contributed by atoms with E-state index in [4.69, 9.17) is 4.74 Å². The summed E-state index contributed by atoms with van der Waals surface area (Å²) in [6.07, 6.45) is 2.71. The summed E-state index contributed by atoms with van der Waals surface area (Å²) in [6, 6.07) is 9.52. The first-order valence-corrected chi connectivity index (χ1v) is 8.01. The molecule has 6 nitrogen and oxygen atoms in total. The quantitative estimate of drug-likeness (QED) is 0.873. The molecule has 1 aromatic heterocycles. The zero-order valence-corrected chi connectivity index (χ0v) is 13.3. The van der Waals surface area contributed by atoms with Gasteiger partial charge in [0.15, 0.2) is 0 Å². The van der Waals surface area contributed by atoms with E-state index in [0.717, 1.165) is 16.5 Å². The minimum Gasteiger partial charge on any atom is -0.481 e.